The van der Waals surface area contributed by atoms with E-state index in [2.05, 4.69) is 10.6 Å². The number of ether oxygens (including phenoxy) is 2. The quantitative estimate of drug-likeness (QED) is 0.874. The molecule has 1 amide bonds. The molecule has 0 bridgehead atoms. The van der Waals surface area contributed by atoms with Gasteiger partial charge in [0.15, 0.2) is 11.5 Å². The van der Waals surface area contributed by atoms with Crippen molar-refractivity contribution in [2.24, 2.45) is 0 Å². The number of nitrogens with one attached hydrogen (secondary N) is 2. The van der Waals surface area contributed by atoms with Crippen molar-refractivity contribution in [3.8, 4) is 11.5 Å². The summed E-state index contributed by atoms with van der Waals surface area (Å²) in [6.07, 6.45) is 0.347. The maximum Gasteiger partial charge on any atom is 0.231 e. The highest BCUT2D eigenvalue weighted by molar-refractivity contribution is 6.31. The molecular formula is C17H17ClN2O3. The van der Waals surface area contributed by atoms with Gasteiger partial charge in [0.25, 0.3) is 0 Å². The monoisotopic (exact) mass is 332 g/mol. The van der Waals surface area contributed by atoms with E-state index in [4.69, 9.17) is 21.1 Å². The Balaban J connectivity index is 1.49. The first-order valence-electron chi connectivity index (χ1n) is 7.31. The van der Waals surface area contributed by atoms with Crippen LogP contribution in [-0.4, -0.2) is 19.2 Å². The lowest BCUT2D eigenvalue weighted by atomic mass is 10.2. The smallest absolute Gasteiger partial charge is 0.231 e. The second-order valence-corrected chi connectivity index (χ2v) is 5.66. The molecule has 5 nitrogen and oxygen atoms in total. The molecule has 0 saturated heterocycles. The fraction of sp³-hybridized carbons (Fsp3) is 0.235. The summed E-state index contributed by atoms with van der Waals surface area (Å²) in [7, 11) is 0. The molecule has 120 valence electrons. The average molecular weight is 333 g/mol. The third-order valence-electron chi connectivity index (χ3n) is 3.51. The molecule has 0 unspecified atom stereocenters. The fourth-order valence-corrected chi connectivity index (χ4v) is 2.40. The Hall–Kier alpha value is -2.40. The van der Waals surface area contributed by atoms with E-state index in [-0.39, 0.29) is 12.7 Å². The molecule has 0 spiro atoms. The van der Waals surface area contributed by atoms with E-state index in [1.54, 1.807) is 18.2 Å². The van der Waals surface area contributed by atoms with E-state index in [0.717, 1.165) is 11.3 Å². The number of amides is 1. The Morgan fingerprint density at radius 1 is 1.13 bits per heavy atom. The van der Waals surface area contributed by atoms with Gasteiger partial charge in [-0.15, -0.1) is 0 Å². The number of halogens is 1. The number of benzene rings is 2. The number of fused-ring (bicyclic) bond motifs is 1. The molecule has 2 aromatic rings. The van der Waals surface area contributed by atoms with Crippen LogP contribution in [0.15, 0.2) is 36.4 Å². The van der Waals surface area contributed by atoms with Crippen LogP contribution in [0.5, 0.6) is 11.5 Å². The minimum absolute atomic E-state index is 0.0745. The van der Waals surface area contributed by atoms with Crippen LogP contribution in [0.1, 0.15) is 12.0 Å². The number of aryl methyl sites for hydroxylation is 1. The van der Waals surface area contributed by atoms with Crippen molar-refractivity contribution in [1.82, 2.24) is 0 Å². The van der Waals surface area contributed by atoms with E-state index in [1.807, 2.05) is 25.1 Å². The van der Waals surface area contributed by atoms with Crippen LogP contribution >= 0.6 is 11.6 Å². The van der Waals surface area contributed by atoms with Crippen LogP contribution in [0.3, 0.4) is 0 Å². The number of carbonyl (C=O) groups is 1. The molecule has 23 heavy (non-hydrogen) atoms. The second-order valence-electron chi connectivity index (χ2n) is 5.26. The SMILES string of the molecule is Cc1ccc(NCCC(=O)Nc2ccc3c(c2)OCO3)cc1Cl. The van der Waals surface area contributed by atoms with E-state index in [9.17, 15) is 4.79 Å². The van der Waals surface area contributed by atoms with Crippen molar-refractivity contribution >= 4 is 28.9 Å². The molecule has 0 aliphatic carbocycles. The van der Waals surface area contributed by atoms with E-state index < -0.39 is 0 Å². The predicted molar refractivity (Wildman–Crippen MR) is 90.5 cm³/mol. The molecule has 0 saturated carbocycles. The third-order valence-corrected chi connectivity index (χ3v) is 3.92. The normalized spacial score (nSPS) is 12.1. The van der Waals surface area contributed by atoms with Crippen LogP contribution in [0.2, 0.25) is 5.02 Å². The number of hydrogen-bond donors (Lipinski definition) is 2. The van der Waals surface area contributed by atoms with Gasteiger partial charge in [-0.3, -0.25) is 4.79 Å². The fourth-order valence-electron chi connectivity index (χ4n) is 2.22. The lowest BCUT2D eigenvalue weighted by Gasteiger charge is -2.09. The van der Waals surface area contributed by atoms with Crippen molar-refractivity contribution in [2.45, 2.75) is 13.3 Å². The number of carbonyl (C=O) groups excluding carboxylic acids is 1. The molecule has 2 aromatic carbocycles. The third kappa shape index (κ3) is 3.87. The van der Waals surface area contributed by atoms with Gasteiger partial charge >= 0.3 is 0 Å². The molecule has 3 rings (SSSR count). The number of rotatable bonds is 5. The molecule has 1 aliphatic heterocycles. The molecule has 1 heterocycles. The first kappa shape index (κ1) is 15.5. The topological polar surface area (TPSA) is 59.6 Å². The van der Waals surface area contributed by atoms with Gasteiger partial charge in [-0.05, 0) is 36.8 Å². The number of hydrogen-bond acceptors (Lipinski definition) is 4. The first-order chi connectivity index (χ1) is 11.1. The van der Waals surface area contributed by atoms with Crippen molar-refractivity contribution in [3.63, 3.8) is 0 Å². The van der Waals surface area contributed by atoms with Gasteiger partial charge in [0.1, 0.15) is 0 Å². The Bertz CT molecular complexity index is 734. The molecule has 0 radical (unpaired) electrons. The highest BCUT2D eigenvalue weighted by Crippen LogP contribution is 2.34. The van der Waals surface area contributed by atoms with Crippen LogP contribution in [-0.2, 0) is 4.79 Å². The molecular weight excluding hydrogens is 316 g/mol. The highest BCUT2D eigenvalue weighted by atomic mass is 35.5. The average Bonchev–Trinajstić information content (AvgIpc) is 2.98. The summed E-state index contributed by atoms with van der Waals surface area (Å²) < 4.78 is 10.5. The minimum atomic E-state index is -0.0745. The molecule has 1 aliphatic rings. The maximum atomic E-state index is 12.0. The molecule has 6 heteroatoms. The van der Waals surface area contributed by atoms with Crippen LogP contribution in [0.4, 0.5) is 11.4 Å². The summed E-state index contributed by atoms with van der Waals surface area (Å²) in [5.41, 5.74) is 2.62. The predicted octanol–water partition coefficient (Wildman–Crippen LogP) is 3.82. The summed E-state index contributed by atoms with van der Waals surface area (Å²) >= 11 is 6.07. The Morgan fingerprint density at radius 3 is 2.74 bits per heavy atom. The van der Waals surface area contributed by atoms with E-state index in [0.29, 0.717) is 35.2 Å². The van der Waals surface area contributed by atoms with Crippen LogP contribution < -0.4 is 20.1 Å². The second kappa shape index (κ2) is 6.79. The lowest BCUT2D eigenvalue weighted by Crippen LogP contribution is -2.16. The van der Waals surface area contributed by atoms with Crippen molar-refractivity contribution in [1.29, 1.82) is 0 Å². The zero-order chi connectivity index (χ0) is 16.2. The highest BCUT2D eigenvalue weighted by Gasteiger charge is 2.14. The standard InChI is InChI=1S/C17H17ClN2O3/c1-11-2-3-12(8-14(11)18)19-7-6-17(21)20-13-4-5-15-16(9-13)23-10-22-15/h2-5,8-9,19H,6-7,10H2,1H3,(H,20,21). The van der Waals surface area contributed by atoms with E-state index in [1.165, 1.54) is 0 Å². The van der Waals surface area contributed by atoms with Crippen molar-refractivity contribution in [3.05, 3.63) is 47.0 Å². The van der Waals surface area contributed by atoms with Gasteiger partial charge in [-0.2, -0.15) is 0 Å². The summed E-state index contributed by atoms with van der Waals surface area (Å²) in [4.78, 5) is 12.0. The van der Waals surface area contributed by atoms with Crippen molar-refractivity contribution < 1.29 is 14.3 Å². The van der Waals surface area contributed by atoms with Crippen LogP contribution in [0.25, 0.3) is 0 Å². The van der Waals surface area contributed by atoms with E-state index >= 15 is 0 Å². The van der Waals surface area contributed by atoms with Gasteiger partial charge in [0.05, 0.1) is 0 Å². The van der Waals surface area contributed by atoms with Crippen molar-refractivity contribution in [2.75, 3.05) is 24.0 Å². The molecule has 0 atom stereocenters. The largest absolute Gasteiger partial charge is 0.454 e. The van der Waals surface area contributed by atoms with Gasteiger partial charge in [-0.1, -0.05) is 17.7 Å². The molecule has 0 fully saturated rings. The summed E-state index contributed by atoms with van der Waals surface area (Å²) in [6, 6.07) is 11.1. The summed E-state index contributed by atoms with van der Waals surface area (Å²) in [6.45, 7) is 2.69. The zero-order valence-electron chi connectivity index (χ0n) is 12.7. The Labute approximate surface area is 139 Å². The lowest BCUT2D eigenvalue weighted by molar-refractivity contribution is -0.115. The zero-order valence-corrected chi connectivity index (χ0v) is 13.4. The summed E-state index contributed by atoms with van der Waals surface area (Å²) in [5, 5.41) is 6.73. The number of anilines is 2. The van der Waals surface area contributed by atoms with Gasteiger partial charge in [0.2, 0.25) is 12.7 Å². The van der Waals surface area contributed by atoms with Crippen LogP contribution in [0, 0.1) is 6.92 Å². The van der Waals surface area contributed by atoms with Gasteiger partial charge in [-0.25, -0.2) is 0 Å². The molecule has 2 N–H and O–H groups in total. The molecule has 0 aromatic heterocycles. The summed E-state index contributed by atoms with van der Waals surface area (Å²) in [5.74, 6) is 1.27. The first-order valence-corrected chi connectivity index (χ1v) is 7.69. The Kier molecular flexibility index (Phi) is 4.57. The van der Waals surface area contributed by atoms with Gasteiger partial charge in [0, 0.05) is 35.4 Å². The van der Waals surface area contributed by atoms with Gasteiger partial charge < -0.3 is 20.1 Å². The minimum Gasteiger partial charge on any atom is -0.454 e. The Morgan fingerprint density at radius 2 is 1.91 bits per heavy atom. The maximum absolute atomic E-state index is 12.0.